The first-order valence-corrected chi connectivity index (χ1v) is 6.95. The summed E-state index contributed by atoms with van der Waals surface area (Å²) in [6, 6.07) is 15.6. The van der Waals surface area contributed by atoms with Gasteiger partial charge in [0.1, 0.15) is 30.5 Å². The Morgan fingerprint density at radius 1 is 0.857 bits per heavy atom. The molecule has 4 heteroatoms. The SMILES string of the molecule is CNCc1ccc(OCCOc2cccc(OC)c2)cc1. The fraction of sp³-hybridized carbons (Fsp3) is 0.294. The van der Waals surface area contributed by atoms with Gasteiger partial charge < -0.3 is 19.5 Å². The van der Waals surface area contributed by atoms with Gasteiger partial charge in [0.2, 0.25) is 0 Å². The maximum absolute atomic E-state index is 5.64. The van der Waals surface area contributed by atoms with Gasteiger partial charge in [-0.1, -0.05) is 18.2 Å². The Hall–Kier alpha value is -2.20. The van der Waals surface area contributed by atoms with Crippen molar-refractivity contribution in [3.05, 3.63) is 54.1 Å². The minimum Gasteiger partial charge on any atom is -0.497 e. The van der Waals surface area contributed by atoms with E-state index in [1.54, 1.807) is 7.11 Å². The molecule has 21 heavy (non-hydrogen) atoms. The summed E-state index contributed by atoms with van der Waals surface area (Å²) < 4.78 is 16.4. The van der Waals surface area contributed by atoms with Crippen molar-refractivity contribution in [2.24, 2.45) is 0 Å². The van der Waals surface area contributed by atoms with Crippen molar-refractivity contribution in [1.82, 2.24) is 5.32 Å². The highest BCUT2D eigenvalue weighted by atomic mass is 16.5. The fourth-order valence-electron chi connectivity index (χ4n) is 1.92. The minimum absolute atomic E-state index is 0.492. The number of rotatable bonds is 8. The normalized spacial score (nSPS) is 10.2. The van der Waals surface area contributed by atoms with E-state index < -0.39 is 0 Å². The second-order valence-corrected chi connectivity index (χ2v) is 4.55. The number of hydrogen-bond donors (Lipinski definition) is 1. The number of nitrogens with one attached hydrogen (secondary N) is 1. The van der Waals surface area contributed by atoms with Crippen molar-refractivity contribution in [2.75, 3.05) is 27.4 Å². The Morgan fingerprint density at radius 3 is 2.19 bits per heavy atom. The molecule has 0 fully saturated rings. The summed E-state index contributed by atoms with van der Waals surface area (Å²) in [7, 11) is 3.57. The lowest BCUT2D eigenvalue weighted by Crippen LogP contribution is -2.09. The van der Waals surface area contributed by atoms with Crippen molar-refractivity contribution in [3.8, 4) is 17.2 Å². The summed E-state index contributed by atoms with van der Waals surface area (Å²) in [6.07, 6.45) is 0. The average molecular weight is 287 g/mol. The second-order valence-electron chi connectivity index (χ2n) is 4.55. The van der Waals surface area contributed by atoms with Crippen LogP contribution in [0.4, 0.5) is 0 Å². The zero-order valence-corrected chi connectivity index (χ0v) is 12.5. The quantitative estimate of drug-likeness (QED) is 0.758. The van der Waals surface area contributed by atoms with Crippen LogP contribution in [0.5, 0.6) is 17.2 Å². The van der Waals surface area contributed by atoms with E-state index in [2.05, 4.69) is 17.4 Å². The number of ether oxygens (including phenoxy) is 3. The minimum atomic E-state index is 0.492. The van der Waals surface area contributed by atoms with Crippen LogP contribution in [0.15, 0.2) is 48.5 Å². The van der Waals surface area contributed by atoms with E-state index in [1.165, 1.54) is 5.56 Å². The van der Waals surface area contributed by atoms with E-state index in [0.717, 1.165) is 23.8 Å². The molecule has 0 aliphatic rings. The van der Waals surface area contributed by atoms with Crippen molar-refractivity contribution in [1.29, 1.82) is 0 Å². The molecule has 0 heterocycles. The molecule has 0 amide bonds. The highest BCUT2D eigenvalue weighted by Crippen LogP contribution is 2.18. The zero-order valence-electron chi connectivity index (χ0n) is 12.5. The van der Waals surface area contributed by atoms with E-state index in [-0.39, 0.29) is 0 Å². The van der Waals surface area contributed by atoms with Gasteiger partial charge in [-0.05, 0) is 36.9 Å². The summed E-state index contributed by atoms with van der Waals surface area (Å²) >= 11 is 0. The van der Waals surface area contributed by atoms with Crippen LogP contribution in [-0.2, 0) is 6.54 Å². The third-order valence-electron chi connectivity index (χ3n) is 2.97. The lowest BCUT2D eigenvalue weighted by molar-refractivity contribution is 0.216. The topological polar surface area (TPSA) is 39.7 Å². The van der Waals surface area contributed by atoms with Gasteiger partial charge in [0, 0.05) is 12.6 Å². The van der Waals surface area contributed by atoms with Gasteiger partial charge in [-0.25, -0.2) is 0 Å². The molecule has 0 aliphatic carbocycles. The van der Waals surface area contributed by atoms with E-state index >= 15 is 0 Å². The summed E-state index contributed by atoms with van der Waals surface area (Å²) in [5, 5.41) is 3.11. The first-order valence-electron chi connectivity index (χ1n) is 6.95. The number of benzene rings is 2. The highest BCUT2D eigenvalue weighted by Gasteiger charge is 1.98. The van der Waals surface area contributed by atoms with Crippen molar-refractivity contribution in [2.45, 2.75) is 6.54 Å². The van der Waals surface area contributed by atoms with Gasteiger partial charge in [-0.3, -0.25) is 0 Å². The predicted molar refractivity (Wildman–Crippen MR) is 83.2 cm³/mol. The van der Waals surface area contributed by atoms with Crippen LogP contribution in [-0.4, -0.2) is 27.4 Å². The monoisotopic (exact) mass is 287 g/mol. The van der Waals surface area contributed by atoms with Gasteiger partial charge in [0.05, 0.1) is 7.11 Å². The van der Waals surface area contributed by atoms with Crippen molar-refractivity contribution < 1.29 is 14.2 Å². The van der Waals surface area contributed by atoms with Crippen LogP contribution in [0.1, 0.15) is 5.56 Å². The van der Waals surface area contributed by atoms with Crippen LogP contribution < -0.4 is 19.5 Å². The van der Waals surface area contributed by atoms with Crippen molar-refractivity contribution in [3.63, 3.8) is 0 Å². The Morgan fingerprint density at radius 2 is 1.52 bits per heavy atom. The summed E-state index contributed by atoms with van der Waals surface area (Å²) in [5.41, 5.74) is 1.23. The third kappa shape index (κ3) is 5.00. The van der Waals surface area contributed by atoms with Crippen LogP contribution in [0.25, 0.3) is 0 Å². The maximum atomic E-state index is 5.64. The van der Waals surface area contributed by atoms with E-state index in [4.69, 9.17) is 14.2 Å². The highest BCUT2D eigenvalue weighted by molar-refractivity contribution is 5.32. The van der Waals surface area contributed by atoms with Gasteiger partial charge >= 0.3 is 0 Å². The molecule has 0 atom stereocenters. The fourth-order valence-corrected chi connectivity index (χ4v) is 1.92. The molecule has 0 spiro atoms. The van der Waals surface area contributed by atoms with E-state index in [0.29, 0.717) is 13.2 Å². The van der Waals surface area contributed by atoms with Gasteiger partial charge in [-0.15, -0.1) is 0 Å². The molecule has 0 saturated carbocycles. The predicted octanol–water partition coefficient (Wildman–Crippen LogP) is 2.87. The Bertz CT molecular complexity index is 540. The van der Waals surface area contributed by atoms with Crippen molar-refractivity contribution >= 4 is 0 Å². The molecule has 4 nitrogen and oxygen atoms in total. The van der Waals surface area contributed by atoms with Gasteiger partial charge in [0.25, 0.3) is 0 Å². The Kier molecular flexibility index (Phi) is 5.91. The number of hydrogen-bond acceptors (Lipinski definition) is 4. The van der Waals surface area contributed by atoms with E-state index in [1.807, 2.05) is 43.4 Å². The molecule has 0 aliphatic heterocycles. The smallest absolute Gasteiger partial charge is 0.123 e. The van der Waals surface area contributed by atoms with E-state index in [9.17, 15) is 0 Å². The lowest BCUT2D eigenvalue weighted by Gasteiger charge is -2.09. The largest absolute Gasteiger partial charge is 0.497 e. The molecular formula is C17H21NO3. The Labute approximate surface area is 125 Å². The molecule has 1 N–H and O–H groups in total. The van der Waals surface area contributed by atoms with Crippen LogP contribution >= 0.6 is 0 Å². The molecule has 0 bridgehead atoms. The third-order valence-corrected chi connectivity index (χ3v) is 2.97. The van der Waals surface area contributed by atoms with Crippen LogP contribution in [0.2, 0.25) is 0 Å². The lowest BCUT2D eigenvalue weighted by atomic mass is 10.2. The standard InChI is InChI=1S/C17H21NO3/c1-18-13-14-6-8-15(9-7-14)20-10-11-21-17-5-3-4-16(12-17)19-2/h3-9,12,18H,10-11,13H2,1-2H3. The molecular weight excluding hydrogens is 266 g/mol. The molecule has 2 rings (SSSR count). The van der Waals surface area contributed by atoms with Gasteiger partial charge in [0.15, 0.2) is 0 Å². The van der Waals surface area contributed by atoms with Crippen LogP contribution in [0, 0.1) is 0 Å². The van der Waals surface area contributed by atoms with Gasteiger partial charge in [-0.2, -0.15) is 0 Å². The molecule has 0 saturated heterocycles. The number of methoxy groups -OCH3 is 1. The molecule has 0 unspecified atom stereocenters. The molecule has 0 radical (unpaired) electrons. The Balaban J connectivity index is 1.73. The average Bonchev–Trinajstić information content (AvgIpc) is 2.53. The molecule has 112 valence electrons. The molecule has 2 aromatic rings. The second kappa shape index (κ2) is 8.17. The molecule has 2 aromatic carbocycles. The zero-order chi connectivity index (χ0) is 14.9. The summed E-state index contributed by atoms with van der Waals surface area (Å²) in [6.45, 7) is 1.85. The summed E-state index contributed by atoms with van der Waals surface area (Å²) in [4.78, 5) is 0. The first kappa shape index (κ1) is 15.2. The van der Waals surface area contributed by atoms with Crippen LogP contribution in [0.3, 0.4) is 0 Å². The summed E-state index contributed by atoms with van der Waals surface area (Å²) in [5.74, 6) is 2.42. The molecule has 0 aromatic heterocycles. The first-order chi connectivity index (χ1) is 10.3. The maximum Gasteiger partial charge on any atom is 0.123 e.